The summed E-state index contributed by atoms with van der Waals surface area (Å²) in [5, 5.41) is 2.16. The first kappa shape index (κ1) is 12.6. The molecule has 0 aliphatic rings. The summed E-state index contributed by atoms with van der Waals surface area (Å²) in [6, 6.07) is 9.00. The van der Waals surface area contributed by atoms with Crippen LogP contribution in [-0.2, 0) is 6.42 Å². The molecule has 0 atom stereocenters. The molecule has 0 aliphatic heterocycles. The molecular weight excluding hydrogens is 247 g/mol. The molecule has 1 heterocycles. The van der Waals surface area contributed by atoms with E-state index in [9.17, 15) is 4.39 Å². The van der Waals surface area contributed by atoms with Gasteiger partial charge in [0.15, 0.2) is 5.82 Å². The molecule has 0 aliphatic carbocycles. The average Bonchev–Trinajstić information content (AvgIpc) is 2.40. The number of pyridine rings is 1. The van der Waals surface area contributed by atoms with Crippen molar-refractivity contribution in [3.05, 3.63) is 47.9 Å². The van der Waals surface area contributed by atoms with Crippen molar-refractivity contribution < 1.29 is 4.39 Å². The van der Waals surface area contributed by atoms with E-state index >= 15 is 0 Å². The number of aromatic nitrogens is 1. The average molecular weight is 258 g/mol. The van der Waals surface area contributed by atoms with Crippen molar-refractivity contribution in [1.29, 1.82) is 0 Å². The fourth-order valence-electron chi connectivity index (χ4n) is 1.66. The molecule has 2 aromatic rings. The number of hydrogen-bond donors (Lipinski definition) is 0. The molecule has 1 aromatic carbocycles. The third-order valence-electron chi connectivity index (χ3n) is 2.67. The van der Waals surface area contributed by atoms with Gasteiger partial charge in [-0.15, -0.1) is 0 Å². The van der Waals surface area contributed by atoms with E-state index < -0.39 is 0 Å². The number of benzene rings is 1. The van der Waals surface area contributed by atoms with Crippen molar-refractivity contribution in [3.8, 4) is 11.1 Å². The Morgan fingerprint density at radius 2 is 2.06 bits per heavy atom. The molecule has 4 heteroatoms. The number of rotatable bonds is 3. The first-order chi connectivity index (χ1) is 8.74. The van der Waals surface area contributed by atoms with Gasteiger partial charge >= 0.3 is 0 Å². The van der Waals surface area contributed by atoms with Crippen LogP contribution in [0.2, 0.25) is 0 Å². The molecule has 0 fully saturated rings. The van der Waals surface area contributed by atoms with E-state index in [1.165, 1.54) is 17.8 Å². The molecule has 2 rings (SSSR count). The van der Waals surface area contributed by atoms with E-state index in [1.54, 1.807) is 0 Å². The van der Waals surface area contributed by atoms with Gasteiger partial charge in [-0.1, -0.05) is 31.2 Å². The van der Waals surface area contributed by atoms with Gasteiger partial charge in [0.05, 0.1) is 5.16 Å². The molecule has 0 amide bonds. The molecule has 1 aromatic heterocycles. The standard InChI is InChI=1S/C14H11FN2S/c1-2-10-3-5-11(6-4-10)12-8-16-14(17-9-18)7-13(12)15/h3-8H,2H2,1H3. The van der Waals surface area contributed by atoms with Gasteiger partial charge in [-0.2, -0.15) is 4.99 Å². The van der Waals surface area contributed by atoms with E-state index in [-0.39, 0.29) is 11.6 Å². The number of thiocarbonyl (C=S) groups is 1. The molecule has 0 N–H and O–H groups in total. The summed E-state index contributed by atoms with van der Waals surface area (Å²) in [4.78, 5) is 7.66. The predicted molar refractivity (Wildman–Crippen MR) is 73.7 cm³/mol. The zero-order chi connectivity index (χ0) is 13.0. The van der Waals surface area contributed by atoms with Crippen LogP contribution in [0.15, 0.2) is 41.5 Å². The Hall–Kier alpha value is -1.90. The highest BCUT2D eigenvalue weighted by Gasteiger charge is 2.06. The fraction of sp³-hybridized carbons (Fsp3) is 0.143. The fourth-order valence-corrected chi connectivity index (χ4v) is 1.75. The normalized spacial score (nSPS) is 9.89. The van der Waals surface area contributed by atoms with E-state index in [1.807, 2.05) is 24.3 Å². The summed E-state index contributed by atoms with van der Waals surface area (Å²) >= 11 is 4.45. The van der Waals surface area contributed by atoms with E-state index in [2.05, 4.69) is 34.3 Å². The van der Waals surface area contributed by atoms with Gasteiger partial charge in [0.1, 0.15) is 5.82 Å². The molecule has 0 saturated heterocycles. The van der Waals surface area contributed by atoms with Crippen molar-refractivity contribution >= 4 is 23.2 Å². The summed E-state index contributed by atoms with van der Waals surface area (Å²) < 4.78 is 13.9. The highest BCUT2D eigenvalue weighted by atomic mass is 32.1. The lowest BCUT2D eigenvalue weighted by Crippen LogP contribution is -1.87. The first-order valence-corrected chi connectivity index (χ1v) is 5.98. The minimum absolute atomic E-state index is 0.233. The second kappa shape index (κ2) is 5.63. The maximum atomic E-state index is 13.9. The SMILES string of the molecule is CCc1ccc(-c2cnc(N=C=S)cc2F)cc1. The van der Waals surface area contributed by atoms with Crippen LogP contribution < -0.4 is 0 Å². The quantitative estimate of drug-likeness (QED) is 0.609. The van der Waals surface area contributed by atoms with Gasteiger partial charge in [0, 0.05) is 17.8 Å². The second-order valence-electron chi connectivity index (χ2n) is 3.78. The Morgan fingerprint density at radius 1 is 1.33 bits per heavy atom. The Balaban J connectivity index is 2.40. The molecule has 2 nitrogen and oxygen atoms in total. The predicted octanol–water partition coefficient (Wildman–Crippen LogP) is 4.18. The smallest absolute Gasteiger partial charge is 0.165 e. The number of aryl methyl sites for hydroxylation is 1. The minimum Gasteiger partial charge on any atom is -0.236 e. The first-order valence-electron chi connectivity index (χ1n) is 5.57. The van der Waals surface area contributed by atoms with Crippen LogP contribution in [0.25, 0.3) is 11.1 Å². The highest BCUT2D eigenvalue weighted by Crippen LogP contribution is 2.24. The number of aliphatic imine (C=N–C) groups is 1. The summed E-state index contributed by atoms with van der Waals surface area (Å²) in [5.41, 5.74) is 2.48. The lowest BCUT2D eigenvalue weighted by Gasteiger charge is -2.04. The summed E-state index contributed by atoms with van der Waals surface area (Å²) in [7, 11) is 0. The topological polar surface area (TPSA) is 25.2 Å². The van der Waals surface area contributed by atoms with E-state index in [4.69, 9.17) is 0 Å². The Labute approximate surface area is 110 Å². The van der Waals surface area contributed by atoms with Gasteiger partial charge in [0.25, 0.3) is 0 Å². The second-order valence-corrected chi connectivity index (χ2v) is 3.96. The van der Waals surface area contributed by atoms with Gasteiger partial charge in [-0.25, -0.2) is 9.37 Å². The third-order valence-corrected chi connectivity index (χ3v) is 2.76. The summed E-state index contributed by atoms with van der Waals surface area (Å²) in [6.45, 7) is 2.08. The van der Waals surface area contributed by atoms with Gasteiger partial charge in [-0.3, -0.25) is 0 Å². The van der Waals surface area contributed by atoms with Crippen LogP contribution in [0.1, 0.15) is 12.5 Å². The van der Waals surface area contributed by atoms with Crippen LogP contribution in [0.3, 0.4) is 0 Å². The Bertz CT molecular complexity index is 602. The third kappa shape index (κ3) is 2.67. The number of hydrogen-bond acceptors (Lipinski definition) is 3. The molecule has 0 unspecified atom stereocenters. The lowest BCUT2D eigenvalue weighted by atomic mass is 10.0. The van der Waals surface area contributed by atoms with Crippen LogP contribution in [0.4, 0.5) is 10.2 Å². The molecule has 18 heavy (non-hydrogen) atoms. The number of isothiocyanates is 1. The van der Waals surface area contributed by atoms with E-state index in [0.29, 0.717) is 5.56 Å². The molecule has 0 bridgehead atoms. The minimum atomic E-state index is -0.363. The number of nitrogens with zero attached hydrogens (tertiary/aromatic N) is 2. The van der Waals surface area contributed by atoms with Gasteiger partial charge in [-0.05, 0) is 29.8 Å². The van der Waals surface area contributed by atoms with E-state index in [0.717, 1.165) is 12.0 Å². The highest BCUT2D eigenvalue weighted by molar-refractivity contribution is 7.78. The van der Waals surface area contributed by atoms with Crippen molar-refractivity contribution in [2.24, 2.45) is 4.99 Å². The zero-order valence-corrected chi connectivity index (χ0v) is 10.7. The van der Waals surface area contributed by atoms with Crippen LogP contribution in [-0.4, -0.2) is 10.1 Å². The maximum absolute atomic E-state index is 13.9. The van der Waals surface area contributed by atoms with Crippen LogP contribution in [0.5, 0.6) is 0 Å². The summed E-state index contributed by atoms with van der Waals surface area (Å²) in [5.74, 6) is -0.130. The molecule has 0 saturated carbocycles. The van der Waals surface area contributed by atoms with Crippen molar-refractivity contribution in [1.82, 2.24) is 4.98 Å². The Morgan fingerprint density at radius 3 is 2.61 bits per heavy atom. The molecule has 90 valence electrons. The number of halogens is 1. The van der Waals surface area contributed by atoms with Crippen molar-refractivity contribution in [2.45, 2.75) is 13.3 Å². The molecule has 0 spiro atoms. The van der Waals surface area contributed by atoms with Crippen LogP contribution in [0, 0.1) is 5.82 Å². The zero-order valence-electron chi connectivity index (χ0n) is 9.85. The Kier molecular flexibility index (Phi) is 3.92. The molecule has 0 radical (unpaired) electrons. The monoisotopic (exact) mass is 258 g/mol. The van der Waals surface area contributed by atoms with Crippen molar-refractivity contribution in [2.75, 3.05) is 0 Å². The molecular formula is C14H11FN2S. The van der Waals surface area contributed by atoms with Crippen LogP contribution >= 0.6 is 12.2 Å². The summed E-state index contributed by atoms with van der Waals surface area (Å²) in [6.07, 6.45) is 2.42. The maximum Gasteiger partial charge on any atom is 0.165 e. The lowest BCUT2D eigenvalue weighted by molar-refractivity contribution is 0.629. The van der Waals surface area contributed by atoms with Gasteiger partial charge in [0.2, 0.25) is 0 Å². The van der Waals surface area contributed by atoms with Gasteiger partial charge < -0.3 is 0 Å². The largest absolute Gasteiger partial charge is 0.236 e. The van der Waals surface area contributed by atoms with Crippen molar-refractivity contribution in [3.63, 3.8) is 0 Å².